The van der Waals surface area contributed by atoms with Crippen molar-refractivity contribution in [2.75, 3.05) is 0 Å². The molecule has 0 aliphatic carbocycles. The summed E-state index contributed by atoms with van der Waals surface area (Å²) >= 11 is 0. The van der Waals surface area contributed by atoms with Gasteiger partial charge in [-0.1, -0.05) is 30.7 Å². The Bertz CT molecular complexity index is 807. The van der Waals surface area contributed by atoms with Gasteiger partial charge in [0.25, 0.3) is 0 Å². The van der Waals surface area contributed by atoms with Crippen LogP contribution >= 0.6 is 0 Å². The third kappa shape index (κ3) is 3.82. The van der Waals surface area contributed by atoms with Gasteiger partial charge < -0.3 is 9.15 Å². The fraction of sp³-hybridized carbons (Fsp3) is 0.300. The summed E-state index contributed by atoms with van der Waals surface area (Å²) in [5, 5.41) is 8.14. The van der Waals surface area contributed by atoms with E-state index in [9.17, 15) is 0 Å². The first-order valence-electron chi connectivity index (χ1n) is 8.27. The maximum atomic E-state index is 5.90. The lowest BCUT2D eigenvalue weighted by atomic mass is 10.1. The molecule has 3 rings (SSSR count). The predicted octanol–water partition coefficient (Wildman–Crippen LogP) is 4.88. The molecule has 24 heavy (non-hydrogen) atoms. The van der Waals surface area contributed by atoms with Gasteiger partial charge in [-0.15, -0.1) is 10.2 Å². The van der Waals surface area contributed by atoms with Crippen LogP contribution in [0, 0.1) is 13.8 Å². The van der Waals surface area contributed by atoms with Crippen molar-refractivity contribution in [2.24, 2.45) is 0 Å². The summed E-state index contributed by atoms with van der Waals surface area (Å²) in [5.41, 5.74) is 4.60. The monoisotopic (exact) mass is 322 g/mol. The Morgan fingerprint density at radius 3 is 2.54 bits per heavy atom. The fourth-order valence-corrected chi connectivity index (χ4v) is 2.50. The van der Waals surface area contributed by atoms with Crippen molar-refractivity contribution in [3.05, 3.63) is 65.0 Å². The van der Waals surface area contributed by atoms with Crippen LogP contribution in [0.25, 0.3) is 11.5 Å². The fourth-order valence-electron chi connectivity index (χ4n) is 2.50. The van der Waals surface area contributed by atoms with Crippen molar-refractivity contribution in [1.29, 1.82) is 0 Å². The second kappa shape index (κ2) is 7.30. The Labute approximate surface area is 142 Å². The summed E-state index contributed by atoms with van der Waals surface area (Å²) < 4.78 is 11.5. The van der Waals surface area contributed by atoms with Crippen LogP contribution in [0.2, 0.25) is 0 Å². The molecule has 0 unspecified atom stereocenters. The molecule has 4 heteroatoms. The second-order valence-electron chi connectivity index (χ2n) is 5.99. The lowest BCUT2D eigenvalue weighted by Crippen LogP contribution is -1.98. The maximum Gasteiger partial charge on any atom is 0.247 e. The zero-order valence-electron chi connectivity index (χ0n) is 14.4. The topological polar surface area (TPSA) is 48.2 Å². The molecule has 0 atom stereocenters. The first kappa shape index (κ1) is 16.2. The zero-order chi connectivity index (χ0) is 16.9. The maximum absolute atomic E-state index is 5.90. The Morgan fingerprint density at radius 2 is 1.79 bits per heavy atom. The van der Waals surface area contributed by atoms with Crippen molar-refractivity contribution in [3.8, 4) is 17.2 Å². The number of benzene rings is 2. The molecule has 1 aromatic heterocycles. The molecule has 1 heterocycles. The van der Waals surface area contributed by atoms with Crippen LogP contribution in [0.4, 0.5) is 0 Å². The number of nitrogens with zero attached hydrogens (tertiary/aromatic N) is 2. The minimum Gasteiger partial charge on any atom is -0.489 e. The summed E-state index contributed by atoms with van der Waals surface area (Å²) in [7, 11) is 0. The first-order valence-corrected chi connectivity index (χ1v) is 8.27. The molecule has 0 amide bonds. The van der Waals surface area contributed by atoms with Gasteiger partial charge in [0.05, 0.1) is 0 Å². The van der Waals surface area contributed by atoms with Gasteiger partial charge >= 0.3 is 0 Å². The molecule has 0 aliphatic rings. The van der Waals surface area contributed by atoms with E-state index >= 15 is 0 Å². The first-order chi connectivity index (χ1) is 11.7. The van der Waals surface area contributed by atoms with Crippen molar-refractivity contribution in [2.45, 2.75) is 40.2 Å². The normalized spacial score (nSPS) is 10.8. The number of rotatable bonds is 6. The molecule has 3 aromatic rings. The molecule has 0 fully saturated rings. The van der Waals surface area contributed by atoms with Gasteiger partial charge in [0.2, 0.25) is 11.8 Å². The average molecular weight is 322 g/mol. The van der Waals surface area contributed by atoms with Gasteiger partial charge in [0, 0.05) is 12.0 Å². The van der Waals surface area contributed by atoms with Crippen LogP contribution in [0.5, 0.6) is 5.75 Å². The van der Waals surface area contributed by atoms with E-state index in [-0.39, 0.29) is 0 Å². The molecule has 0 saturated heterocycles. The number of ether oxygens (including phenoxy) is 1. The third-order valence-corrected chi connectivity index (χ3v) is 3.93. The molecule has 4 nitrogen and oxygen atoms in total. The Hall–Kier alpha value is -2.62. The number of aromatic nitrogens is 2. The molecule has 2 aromatic carbocycles. The van der Waals surface area contributed by atoms with Crippen molar-refractivity contribution in [1.82, 2.24) is 10.2 Å². The van der Waals surface area contributed by atoms with E-state index in [2.05, 4.69) is 49.2 Å². The number of aryl methyl sites for hydroxylation is 3. The zero-order valence-corrected chi connectivity index (χ0v) is 14.4. The van der Waals surface area contributed by atoms with Crippen molar-refractivity contribution < 1.29 is 9.15 Å². The number of hydrogen-bond donors (Lipinski definition) is 0. The molecule has 124 valence electrons. The molecule has 0 N–H and O–H groups in total. The highest BCUT2D eigenvalue weighted by Crippen LogP contribution is 2.22. The lowest BCUT2D eigenvalue weighted by Gasteiger charge is -2.10. The van der Waals surface area contributed by atoms with E-state index in [4.69, 9.17) is 9.15 Å². The molecule has 0 bridgehead atoms. The summed E-state index contributed by atoms with van der Waals surface area (Å²) in [6, 6.07) is 14.2. The quantitative estimate of drug-likeness (QED) is 0.648. The van der Waals surface area contributed by atoms with Gasteiger partial charge in [-0.25, -0.2) is 0 Å². The van der Waals surface area contributed by atoms with E-state index in [1.807, 2.05) is 24.3 Å². The molecular formula is C20H22N2O2. The smallest absolute Gasteiger partial charge is 0.247 e. The van der Waals surface area contributed by atoms with Crippen LogP contribution in [0.1, 0.15) is 35.9 Å². The molecule has 0 saturated carbocycles. The summed E-state index contributed by atoms with van der Waals surface area (Å²) in [4.78, 5) is 0. The van der Waals surface area contributed by atoms with Gasteiger partial charge in [0.15, 0.2) is 0 Å². The van der Waals surface area contributed by atoms with Crippen LogP contribution in [0.15, 0.2) is 46.9 Å². The van der Waals surface area contributed by atoms with Gasteiger partial charge in [-0.3, -0.25) is 0 Å². The highest BCUT2D eigenvalue weighted by atomic mass is 16.5. The van der Waals surface area contributed by atoms with Crippen LogP contribution < -0.4 is 4.74 Å². The Morgan fingerprint density at radius 1 is 1.00 bits per heavy atom. The standard InChI is InChI=1S/C20H22N2O2/c1-4-5-19-21-22-20(24-19)16-8-10-18(11-9-16)23-13-17-12-14(2)6-7-15(17)3/h6-12H,4-5,13H2,1-3H3. The van der Waals surface area contributed by atoms with E-state index in [0.717, 1.165) is 24.2 Å². The molecule has 0 spiro atoms. The highest BCUT2D eigenvalue weighted by molar-refractivity contribution is 5.54. The van der Waals surface area contributed by atoms with Crippen molar-refractivity contribution >= 4 is 0 Å². The van der Waals surface area contributed by atoms with Crippen LogP contribution in [0.3, 0.4) is 0 Å². The molecule has 0 radical (unpaired) electrons. The minimum atomic E-state index is 0.555. The molecular weight excluding hydrogens is 300 g/mol. The Kier molecular flexibility index (Phi) is 4.94. The minimum absolute atomic E-state index is 0.555. The van der Waals surface area contributed by atoms with Crippen LogP contribution in [-0.2, 0) is 13.0 Å². The average Bonchev–Trinajstić information content (AvgIpc) is 3.05. The third-order valence-electron chi connectivity index (χ3n) is 3.93. The van der Waals surface area contributed by atoms with E-state index in [1.165, 1.54) is 16.7 Å². The molecule has 0 aliphatic heterocycles. The second-order valence-corrected chi connectivity index (χ2v) is 5.99. The summed E-state index contributed by atoms with van der Waals surface area (Å²) in [6.07, 6.45) is 1.80. The van der Waals surface area contributed by atoms with Gasteiger partial charge in [0.1, 0.15) is 12.4 Å². The SMILES string of the molecule is CCCc1nnc(-c2ccc(OCc3cc(C)ccc3C)cc2)o1. The Balaban J connectivity index is 1.66. The van der Waals surface area contributed by atoms with E-state index < -0.39 is 0 Å². The predicted molar refractivity (Wildman–Crippen MR) is 94.0 cm³/mol. The largest absolute Gasteiger partial charge is 0.489 e. The summed E-state index contributed by atoms with van der Waals surface area (Å²) in [6.45, 7) is 6.85. The van der Waals surface area contributed by atoms with Gasteiger partial charge in [-0.2, -0.15) is 0 Å². The van der Waals surface area contributed by atoms with Crippen LogP contribution in [-0.4, -0.2) is 10.2 Å². The van der Waals surface area contributed by atoms with E-state index in [1.54, 1.807) is 0 Å². The van der Waals surface area contributed by atoms with E-state index in [0.29, 0.717) is 18.4 Å². The highest BCUT2D eigenvalue weighted by Gasteiger charge is 2.08. The summed E-state index contributed by atoms with van der Waals surface area (Å²) in [5.74, 6) is 2.07. The lowest BCUT2D eigenvalue weighted by molar-refractivity contribution is 0.305. The van der Waals surface area contributed by atoms with Gasteiger partial charge in [-0.05, 0) is 55.7 Å². The van der Waals surface area contributed by atoms with Crippen molar-refractivity contribution in [3.63, 3.8) is 0 Å². The number of hydrogen-bond acceptors (Lipinski definition) is 4.